The van der Waals surface area contributed by atoms with Gasteiger partial charge in [0.05, 0.1) is 0 Å². The molecular formula is C17H21FN2. The van der Waals surface area contributed by atoms with E-state index in [1.54, 1.807) is 6.07 Å². The largest absolute Gasteiger partial charge is 0.324 e. The predicted octanol–water partition coefficient (Wildman–Crippen LogP) is 3.57. The maximum atomic E-state index is 14.2. The molecular weight excluding hydrogens is 251 g/mol. The number of nitrogens with two attached hydrogens (primary N) is 1. The predicted molar refractivity (Wildman–Crippen MR) is 81.8 cm³/mol. The lowest BCUT2D eigenvalue weighted by Crippen LogP contribution is -2.11. The molecule has 2 rings (SSSR count). The highest BCUT2D eigenvalue weighted by atomic mass is 19.1. The van der Waals surface area contributed by atoms with Crippen molar-refractivity contribution < 1.29 is 4.39 Å². The van der Waals surface area contributed by atoms with E-state index >= 15 is 0 Å². The van der Waals surface area contributed by atoms with Gasteiger partial charge in [0, 0.05) is 18.2 Å². The molecule has 2 aromatic rings. The van der Waals surface area contributed by atoms with Crippen molar-refractivity contribution >= 4 is 0 Å². The quantitative estimate of drug-likeness (QED) is 0.922. The third kappa shape index (κ3) is 3.24. The number of nitrogens with zero attached hydrogens (tertiary/aromatic N) is 1. The van der Waals surface area contributed by atoms with E-state index in [0.29, 0.717) is 5.56 Å². The Morgan fingerprint density at radius 1 is 1.10 bits per heavy atom. The van der Waals surface area contributed by atoms with Crippen LogP contribution in [-0.2, 0) is 6.54 Å². The van der Waals surface area contributed by atoms with E-state index in [4.69, 9.17) is 5.73 Å². The van der Waals surface area contributed by atoms with Crippen LogP contribution in [0.15, 0.2) is 42.5 Å². The molecule has 20 heavy (non-hydrogen) atoms. The highest BCUT2D eigenvalue weighted by Gasteiger charge is 2.12. The second kappa shape index (κ2) is 6.16. The van der Waals surface area contributed by atoms with Crippen LogP contribution < -0.4 is 5.73 Å². The maximum Gasteiger partial charge on any atom is 0.131 e. The van der Waals surface area contributed by atoms with Crippen molar-refractivity contribution in [2.45, 2.75) is 19.5 Å². The first kappa shape index (κ1) is 14.7. The first-order valence-corrected chi connectivity index (χ1v) is 6.77. The van der Waals surface area contributed by atoms with Crippen LogP contribution in [0.5, 0.6) is 0 Å². The lowest BCUT2D eigenvalue weighted by Gasteiger charge is -2.16. The smallest absolute Gasteiger partial charge is 0.131 e. The molecule has 2 N–H and O–H groups in total. The fourth-order valence-corrected chi connectivity index (χ4v) is 2.29. The number of benzene rings is 2. The average Bonchev–Trinajstić information content (AvgIpc) is 2.39. The molecule has 0 aliphatic rings. The second-order valence-corrected chi connectivity index (χ2v) is 5.42. The molecule has 0 saturated carbocycles. The summed E-state index contributed by atoms with van der Waals surface area (Å²) in [6.45, 7) is 2.68. The van der Waals surface area contributed by atoms with Crippen LogP contribution in [0.3, 0.4) is 0 Å². The molecule has 0 radical (unpaired) electrons. The molecule has 0 aliphatic heterocycles. The van der Waals surface area contributed by atoms with Gasteiger partial charge in [-0.2, -0.15) is 0 Å². The summed E-state index contributed by atoms with van der Waals surface area (Å²) in [5, 5.41) is 0. The standard InChI is InChI=1S/C17H21FN2/c1-12(19)13-8-9-17(18)16(10-13)15-7-5-4-6-14(15)11-20(2)3/h4-10,12H,11,19H2,1-3H3. The Bertz CT molecular complexity index is 591. The third-order valence-electron chi connectivity index (χ3n) is 3.31. The molecule has 3 heteroatoms. The van der Waals surface area contributed by atoms with Crippen LogP contribution in [0, 0.1) is 5.82 Å². The van der Waals surface area contributed by atoms with E-state index in [1.165, 1.54) is 6.07 Å². The molecule has 0 aliphatic carbocycles. The van der Waals surface area contributed by atoms with E-state index in [-0.39, 0.29) is 11.9 Å². The van der Waals surface area contributed by atoms with Crippen molar-refractivity contribution in [2.75, 3.05) is 14.1 Å². The Morgan fingerprint density at radius 2 is 1.80 bits per heavy atom. The van der Waals surface area contributed by atoms with Crippen LogP contribution in [0.4, 0.5) is 4.39 Å². The van der Waals surface area contributed by atoms with Gasteiger partial charge >= 0.3 is 0 Å². The third-order valence-corrected chi connectivity index (χ3v) is 3.31. The van der Waals surface area contributed by atoms with Gasteiger partial charge < -0.3 is 10.6 Å². The summed E-state index contributed by atoms with van der Waals surface area (Å²) < 4.78 is 14.2. The lowest BCUT2D eigenvalue weighted by atomic mass is 9.96. The molecule has 1 unspecified atom stereocenters. The van der Waals surface area contributed by atoms with Gasteiger partial charge in [0.1, 0.15) is 5.82 Å². The van der Waals surface area contributed by atoms with Gasteiger partial charge in [-0.1, -0.05) is 30.3 Å². The van der Waals surface area contributed by atoms with Gasteiger partial charge in [-0.3, -0.25) is 0 Å². The van der Waals surface area contributed by atoms with E-state index in [2.05, 4.69) is 4.90 Å². The zero-order valence-electron chi connectivity index (χ0n) is 12.2. The van der Waals surface area contributed by atoms with Gasteiger partial charge in [0.15, 0.2) is 0 Å². The zero-order chi connectivity index (χ0) is 14.7. The van der Waals surface area contributed by atoms with Crippen molar-refractivity contribution in [3.05, 3.63) is 59.4 Å². The average molecular weight is 272 g/mol. The van der Waals surface area contributed by atoms with Crippen molar-refractivity contribution in [1.29, 1.82) is 0 Å². The molecule has 0 spiro atoms. The molecule has 0 saturated heterocycles. The van der Waals surface area contributed by atoms with Gasteiger partial charge in [0.2, 0.25) is 0 Å². The van der Waals surface area contributed by atoms with Gasteiger partial charge in [-0.15, -0.1) is 0 Å². The van der Waals surface area contributed by atoms with E-state index < -0.39 is 0 Å². The van der Waals surface area contributed by atoms with Gasteiger partial charge in [-0.05, 0) is 49.8 Å². The summed E-state index contributed by atoms with van der Waals surface area (Å²) in [6.07, 6.45) is 0. The van der Waals surface area contributed by atoms with Crippen LogP contribution in [0.2, 0.25) is 0 Å². The van der Waals surface area contributed by atoms with Gasteiger partial charge in [-0.25, -0.2) is 4.39 Å². The van der Waals surface area contributed by atoms with Crippen LogP contribution in [0.25, 0.3) is 11.1 Å². The number of hydrogen-bond donors (Lipinski definition) is 1. The monoisotopic (exact) mass is 272 g/mol. The number of hydrogen-bond acceptors (Lipinski definition) is 2. The van der Waals surface area contributed by atoms with E-state index in [1.807, 2.05) is 51.4 Å². The summed E-state index contributed by atoms with van der Waals surface area (Å²) >= 11 is 0. The minimum atomic E-state index is -0.208. The molecule has 0 heterocycles. The van der Waals surface area contributed by atoms with Crippen LogP contribution in [-0.4, -0.2) is 19.0 Å². The van der Waals surface area contributed by atoms with Crippen molar-refractivity contribution in [3.63, 3.8) is 0 Å². The molecule has 106 valence electrons. The molecule has 0 fully saturated rings. The molecule has 1 atom stereocenters. The fraction of sp³-hybridized carbons (Fsp3) is 0.294. The normalized spacial score (nSPS) is 12.7. The topological polar surface area (TPSA) is 29.3 Å². The van der Waals surface area contributed by atoms with Crippen molar-refractivity contribution in [3.8, 4) is 11.1 Å². The van der Waals surface area contributed by atoms with Crippen LogP contribution >= 0.6 is 0 Å². The first-order chi connectivity index (χ1) is 9.49. The van der Waals surface area contributed by atoms with Crippen molar-refractivity contribution in [2.24, 2.45) is 5.73 Å². The minimum Gasteiger partial charge on any atom is -0.324 e. The molecule has 2 nitrogen and oxygen atoms in total. The van der Waals surface area contributed by atoms with E-state index in [9.17, 15) is 4.39 Å². The highest BCUT2D eigenvalue weighted by molar-refractivity contribution is 5.68. The SMILES string of the molecule is CC(N)c1ccc(F)c(-c2ccccc2CN(C)C)c1. The zero-order valence-corrected chi connectivity index (χ0v) is 12.2. The van der Waals surface area contributed by atoms with Crippen molar-refractivity contribution in [1.82, 2.24) is 4.90 Å². The lowest BCUT2D eigenvalue weighted by molar-refractivity contribution is 0.403. The fourth-order valence-electron chi connectivity index (χ4n) is 2.29. The summed E-state index contributed by atoms with van der Waals surface area (Å²) in [6, 6.07) is 12.9. The summed E-state index contributed by atoms with van der Waals surface area (Å²) in [5.41, 5.74) is 9.51. The molecule has 0 amide bonds. The second-order valence-electron chi connectivity index (χ2n) is 5.42. The number of halogens is 1. The summed E-state index contributed by atoms with van der Waals surface area (Å²) in [5.74, 6) is -0.208. The Morgan fingerprint density at radius 3 is 2.45 bits per heavy atom. The number of rotatable bonds is 4. The Kier molecular flexibility index (Phi) is 4.53. The molecule has 0 bridgehead atoms. The molecule has 2 aromatic carbocycles. The Hall–Kier alpha value is -1.71. The van der Waals surface area contributed by atoms with Gasteiger partial charge in [0.25, 0.3) is 0 Å². The highest BCUT2D eigenvalue weighted by Crippen LogP contribution is 2.29. The summed E-state index contributed by atoms with van der Waals surface area (Å²) in [7, 11) is 4.01. The molecule has 0 aromatic heterocycles. The minimum absolute atomic E-state index is 0.102. The van der Waals surface area contributed by atoms with Crippen LogP contribution in [0.1, 0.15) is 24.1 Å². The van der Waals surface area contributed by atoms with E-state index in [0.717, 1.165) is 23.2 Å². The maximum absolute atomic E-state index is 14.2. The summed E-state index contributed by atoms with van der Waals surface area (Å²) in [4.78, 5) is 2.08. The Balaban J connectivity index is 2.53. The Labute approximate surface area is 120 Å². The first-order valence-electron chi connectivity index (χ1n) is 6.77.